The fourth-order valence-electron chi connectivity index (χ4n) is 3.58. The molecular weight excluding hydrogens is 340 g/mol. The maximum absolute atomic E-state index is 13.3. The minimum absolute atomic E-state index is 0.143. The van der Waals surface area contributed by atoms with Crippen molar-refractivity contribution < 1.29 is 19.2 Å². The zero-order valence-corrected chi connectivity index (χ0v) is 16.6. The lowest BCUT2D eigenvalue weighted by molar-refractivity contribution is -0.907. The van der Waals surface area contributed by atoms with Crippen LogP contribution in [0.1, 0.15) is 28.5 Å². The third kappa shape index (κ3) is 3.55. The van der Waals surface area contributed by atoms with Crippen molar-refractivity contribution in [3.8, 4) is 11.5 Å². The molecule has 5 nitrogen and oxygen atoms in total. The molecule has 142 valence electrons. The summed E-state index contributed by atoms with van der Waals surface area (Å²) in [7, 11) is 5.30. The van der Waals surface area contributed by atoms with E-state index in [4.69, 9.17) is 9.47 Å². The van der Waals surface area contributed by atoms with Gasteiger partial charge in [-0.1, -0.05) is 24.3 Å². The first-order chi connectivity index (χ1) is 13.0. The zero-order valence-electron chi connectivity index (χ0n) is 16.6. The number of aromatic amines is 1. The largest absolute Gasteiger partial charge is 0.493 e. The van der Waals surface area contributed by atoms with Gasteiger partial charge in [0.2, 0.25) is 5.78 Å². The van der Waals surface area contributed by atoms with Crippen LogP contribution < -0.4 is 14.4 Å². The molecule has 5 heteroatoms. The van der Waals surface area contributed by atoms with Crippen molar-refractivity contribution in [1.29, 1.82) is 0 Å². The zero-order chi connectivity index (χ0) is 19.6. The van der Waals surface area contributed by atoms with E-state index in [0.717, 1.165) is 38.4 Å². The summed E-state index contributed by atoms with van der Waals surface area (Å²) in [6.07, 6.45) is 0. The quantitative estimate of drug-likeness (QED) is 0.632. The van der Waals surface area contributed by atoms with Crippen molar-refractivity contribution in [2.45, 2.75) is 26.4 Å². The first-order valence-corrected chi connectivity index (χ1v) is 9.11. The molecule has 0 aliphatic rings. The van der Waals surface area contributed by atoms with E-state index in [0.29, 0.717) is 12.3 Å². The van der Waals surface area contributed by atoms with Crippen LogP contribution in [0, 0.1) is 6.92 Å². The Labute approximate surface area is 159 Å². The second kappa shape index (κ2) is 7.84. The van der Waals surface area contributed by atoms with Crippen LogP contribution in [0.2, 0.25) is 0 Å². The lowest BCUT2D eigenvalue weighted by Crippen LogP contribution is -3.12. The van der Waals surface area contributed by atoms with Gasteiger partial charge in [0.1, 0.15) is 12.6 Å². The molecule has 0 fully saturated rings. The van der Waals surface area contributed by atoms with Gasteiger partial charge in [-0.25, -0.2) is 0 Å². The van der Waals surface area contributed by atoms with Gasteiger partial charge < -0.3 is 19.4 Å². The van der Waals surface area contributed by atoms with Gasteiger partial charge in [0.25, 0.3) is 0 Å². The highest BCUT2D eigenvalue weighted by atomic mass is 16.5. The first kappa shape index (κ1) is 19.0. The van der Waals surface area contributed by atoms with Crippen LogP contribution >= 0.6 is 0 Å². The molecule has 0 aliphatic heterocycles. The van der Waals surface area contributed by atoms with E-state index in [2.05, 4.69) is 4.98 Å². The molecule has 0 bridgehead atoms. The van der Waals surface area contributed by atoms with Gasteiger partial charge in [-0.3, -0.25) is 4.79 Å². The molecule has 1 aromatic heterocycles. The van der Waals surface area contributed by atoms with Crippen molar-refractivity contribution in [1.82, 2.24) is 4.98 Å². The van der Waals surface area contributed by atoms with Crippen LogP contribution in [-0.2, 0) is 6.54 Å². The van der Waals surface area contributed by atoms with Gasteiger partial charge in [0.15, 0.2) is 11.5 Å². The highest BCUT2D eigenvalue weighted by Gasteiger charge is 2.28. The summed E-state index contributed by atoms with van der Waals surface area (Å²) >= 11 is 0. The number of H-pyrrole nitrogens is 1. The van der Waals surface area contributed by atoms with Gasteiger partial charge in [-0.15, -0.1) is 0 Å². The average molecular weight is 367 g/mol. The molecule has 2 N–H and O–H groups in total. The number of benzene rings is 2. The molecule has 0 saturated heterocycles. The van der Waals surface area contributed by atoms with Crippen molar-refractivity contribution >= 4 is 16.7 Å². The Hall–Kier alpha value is -2.79. The van der Waals surface area contributed by atoms with Crippen molar-refractivity contribution in [2.24, 2.45) is 0 Å². The van der Waals surface area contributed by atoms with Crippen LogP contribution in [-0.4, -0.2) is 38.1 Å². The van der Waals surface area contributed by atoms with Crippen LogP contribution in [0.3, 0.4) is 0 Å². The Bertz CT molecular complexity index is 961. The number of hydrogen-bond acceptors (Lipinski definition) is 3. The van der Waals surface area contributed by atoms with E-state index < -0.39 is 0 Å². The molecule has 1 unspecified atom stereocenters. The smallest absolute Gasteiger partial charge is 0.222 e. The number of hydrogen-bond donors (Lipinski definition) is 2. The van der Waals surface area contributed by atoms with Crippen LogP contribution in [0.25, 0.3) is 10.9 Å². The SMILES string of the molecule is COc1cccc(C[NH+](C)[C@H](C)C(=O)c2c(C)[nH]c3ccccc23)c1OC. The predicted molar refractivity (Wildman–Crippen MR) is 107 cm³/mol. The fraction of sp³-hybridized carbons (Fsp3) is 0.318. The van der Waals surface area contributed by atoms with Gasteiger partial charge in [0.05, 0.1) is 32.4 Å². The van der Waals surface area contributed by atoms with Crippen LogP contribution in [0.15, 0.2) is 42.5 Å². The predicted octanol–water partition coefficient (Wildman–Crippen LogP) is 2.78. The number of likely N-dealkylation sites (N-methyl/N-ethyl adjacent to an activating group) is 1. The van der Waals surface area contributed by atoms with E-state index in [-0.39, 0.29) is 11.8 Å². The number of para-hydroxylation sites is 2. The molecule has 0 amide bonds. The average Bonchev–Trinajstić information content (AvgIpc) is 3.02. The van der Waals surface area contributed by atoms with Crippen molar-refractivity contribution in [3.05, 3.63) is 59.3 Å². The second-order valence-corrected chi connectivity index (χ2v) is 6.93. The molecule has 0 radical (unpaired) electrons. The van der Waals surface area contributed by atoms with E-state index in [1.807, 2.05) is 63.4 Å². The molecule has 27 heavy (non-hydrogen) atoms. The number of ketones is 1. The molecule has 1 heterocycles. The summed E-state index contributed by atoms with van der Waals surface area (Å²) in [5, 5.41) is 0.985. The number of aryl methyl sites for hydroxylation is 1. The summed E-state index contributed by atoms with van der Waals surface area (Å²) in [6.45, 7) is 4.60. The second-order valence-electron chi connectivity index (χ2n) is 6.93. The Morgan fingerprint density at radius 1 is 1.11 bits per heavy atom. The third-order valence-corrected chi connectivity index (χ3v) is 5.23. The van der Waals surface area contributed by atoms with E-state index in [9.17, 15) is 4.79 Å². The number of nitrogens with one attached hydrogen (secondary N) is 2. The Morgan fingerprint density at radius 3 is 2.56 bits per heavy atom. The highest BCUT2D eigenvalue weighted by molar-refractivity contribution is 6.10. The molecule has 0 aliphatic carbocycles. The maximum Gasteiger partial charge on any atom is 0.222 e. The van der Waals surface area contributed by atoms with Crippen molar-refractivity contribution in [2.75, 3.05) is 21.3 Å². The Morgan fingerprint density at radius 2 is 1.85 bits per heavy atom. The van der Waals surface area contributed by atoms with Gasteiger partial charge in [-0.2, -0.15) is 0 Å². The highest BCUT2D eigenvalue weighted by Crippen LogP contribution is 2.30. The summed E-state index contributed by atoms with van der Waals surface area (Å²) in [6, 6.07) is 13.6. The minimum Gasteiger partial charge on any atom is -0.493 e. The molecule has 3 rings (SSSR count). The van der Waals surface area contributed by atoms with Gasteiger partial charge in [-0.05, 0) is 32.0 Å². The lowest BCUT2D eigenvalue weighted by Gasteiger charge is -2.22. The fourth-order valence-corrected chi connectivity index (χ4v) is 3.58. The number of rotatable bonds is 7. The van der Waals surface area contributed by atoms with Gasteiger partial charge >= 0.3 is 0 Å². The number of carbonyl (C=O) groups is 1. The van der Waals surface area contributed by atoms with Gasteiger partial charge in [0, 0.05) is 16.6 Å². The Balaban J connectivity index is 1.86. The third-order valence-electron chi connectivity index (χ3n) is 5.23. The number of Topliss-reactive ketones (excluding diaryl/α,β-unsaturated/α-hetero) is 1. The number of fused-ring (bicyclic) bond motifs is 1. The molecule has 0 saturated carbocycles. The summed E-state index contributed by atoms with van der Waals surface area (Å²) in [5.41, 5.74) is 3.72. The van der Waals surface area contributed by atoms with Crippen LogP contribution in [0.5, 0.6) is 11.5 Å². The lowest BCUT2D eigenvalue weighted by atomic mass is 10.0. The molecule has 3 aromatic rings. The first-order valence-electron chi connectivity index (χ1n) is 9.11. The topological polar surface area (TPSA) is 55.8 Å². The number of aromatic nitrogens is 1. The number of quaternary nitrogens is 1. The number of methoxy groups -OCH3 is 2. The van der Waals surface area contributed by atoms with Crippen LogP contribution in [0.4, 0.5) is 0 Å². The summed E-state index contributed by atoms with van der Waals surface area (Å²) in [5.74, 6) is 1.57. The minimum atomic E-state index is -0.196. The summed E-state index contributed by atoms with van der Waals surface area (Å²) < 4.78 is 10.9. The number of ether oxygens (including phenoxy) is 2. The molecule has 2 atom stereocenters. The van der Waals surface area contributed by atoms with E-state index >= 15 is 0 Å². The standard InChI is InChI=1S/C22H26N2O3/c1-14-20(17-10-6-7-11-18(17)23-14)21(25)15(2)24(3)13-16-9-8-12-19(26-4)22(16)27-5/h6-12,15,23H,13H2,1-5H3/p+1/t15-/m1/s1. The summed E-state index contributed by atoms with van der Waals surface area (Å²) in [4.78, 5) is 17.7. The molecule has 2 aromatic carbocycles. The normalized spacial score (nSPS) is 13.4. The molecular formula is C22H27N2O3+. The maximum atomic E-state index is 13.3. The molecule has 0 spiro atoms. The van der Waals surface area contributed by atoms with E-state index in [1.165, 1.54) is 0 Å². The number of carbonyl (C=O) groups excluding carboxylic acids is 1. The Kier molecular flexibility index (Phi) is 5.51. The monoisotopic (exact) mass is 367 g/mol. The van der Waals surface area contributed by atoms with E-state index in [1.54, 1.807) is 14.2 Å². The van der Waals surface area contributed by atoms with Crippen molar-refractivity contribution in [3.63, 3.8) is 0 Å².